The molecule has 0 radical (unpaired) electrons. The Kier molecular flexibility index (Phi) is 5.89. The van der Waals surface area contributed by atoms with Crippen molar-refractivity contribution in [2.24, 2.45) is 0 Å². The molecular weight excluding hydrogens is 444 g/mol. The fourth-order valence-electron chi connectivity index (χ4n) is 4.28. The number of ether oxygens (including phenoxy) is 1. The summed E-state index contributed by atoms with van der Waals surface area (Å²) >= 11 is 0. The first-order chi connectivity index (χ1) is 17.2. The van der Waals surface area contributed by atoms with Gasteiger partial charge in [-0.3, -0.25) is 14.4 Å². The number of rotatable bonds is 8. The van der Waals surface area contributed by atoms with Gasteiger partial charge in [-0.1, -0.05) is 24.3 Å². The highest BCUT2D eigenvalue weighted by Crippen LogP contribution is 2.26. The molecule has 1 saturated carbocycles. The van der Waals surface area contributed by atoms with Gasteiger partial charge in [-0.25, -0.2) is 4.52 Å². The molecule has 10 nitrogen and oxygen atoms in total. The molecule has 3 aromatic heterocycles. The van der Waals surface area contributed by atoms with Crippen LogP contribution < -0.4 is 10.6 Å². The number of aromatic nitrogens is 5. The van der Waals surface area contributed by atoms with Crippen molar-refractivity contribution >= 4 is 23.2 Å². The van der Waals surface area contributed by atoms with E-state index in [1.807, 2.05) is 12.3 Å². The SMILES string of the molecule is O=C(Cn1cc(Nc2nc3c(-c4ccc(CN5CCOCC5)cc4)cccn3n2)cn1)NC1CC1. The van der Waals surface area contributed by atoms with Crippen molar-refractivity contribution in [1.29, 1.82) is 0 Å². The summed E-state index contributed by atoms with van der Waals surface area (Å²) in [5.41, 5.74) is 4.89. The van der Waals surface area contributed by atoms with Crippen LogP contribution in [-0.4, -0.2) is 67.5 Å². The number of amides is 1. The van der Waals surface area contributed by atoms with Crippen molar-refractivity contribution in [2.45, 2.75) is 32.0 Å². The fraction of sp³-hybridized carbons (Fsp3) is 0.360. The maximum Gasteiger partial charge on any atom is 0.247 e. The minimum Gasteiger partial charge on any atom is -0.379 e. The lowest BCUT2D eigenvalue weighted by atomic mass is 10.0. The zero-order valence-electron chi connectivity index (χ0n) is 19.4. The molecule has 0 spiro atoms. The van der Waals surface area contributed by atoms with E-state index in [0.717, 1.165) is 68.2 Å². The second-order valence-electron chi connectivity index (χ2n) is 9.10. The number of pyridine rings is 1. The van der Waals surface area contributed by atoms with Crippen LogP contribution in [0, 0.1) is 0 Å². The van der Waals surface area contributed by atoms with Gasteiger partial charge in [-0.15, -0.1) is 5.10 Å². The van der Waals surface area contributed by atoms with Gasteiger partial charge in [0.2, 0.25) is 11.9 Å². The number of carbonyl (C=O) groups is 1. The first-order valence-electron chi connectivity index (χ1n) is 12.0. The summed E-state index contributed by atoms with van der Waals surface area (Å²) in [7, 11) is 0. The maximum atomic E-state index is 12.0. The second kappa shape index (κ2) is 9.47. The Morgan fingerprint density at radius 3 is 2.74 bits per heavy atom. The molecule has 2 N–H and O–H groups in total. The topological polar surface area (TPSA) is 102 Å². The van der Waals surface area contributed by atoms with Crippen LogP contribution in [0.5, 0.6) is 0 Å². The van der Waals surface area contributed by atoms with Crippen molar-refractivity contribution in [2.75, 3.05) is 31.6 Å². The smallest absolute Gasteiger partial charge is 0.247 e. The Morgan fingerprint density at radius 1 is 1.11 bits per heavy atom. The lowest BCUT2D eigenvalue weighted by Gasteiger charge is -2.26. The monoisotopic (exact) mass is 472 g/mol. The molecule has 1 saturated heterocycles. The Balaban J connectivity index is 1.15. The molecule has 4 heterocycles. The van der Waals surface area contributed by atoms with Crippen molar-refractivity contribution in [3.8, 4) is 11.1 Å². The highest BCUT2D eigenvalue weighted by atomic mass is 16.5. The quantitative estimate of drug-likeness (QED) is 0.406. The lowest BCUT2D eigenvalue weighted by molar-refractivity contribution is -0.122. The fourth-order valence-corrected chi connectivity index (χ4v) is 4.28. The van der Waals surface area contributed by atoms with Crippen LogP contribution >= 0.6 is 0 Å². The zero-order valence-corrected chi connectivity index (χ0v) is 19.4. The predicted molar refractivity (Wildman–Crippen MR) is 131 cm³/mol. The molecule has 2 aliphatic rings. The third kappa shape index (κ3) is 5.18. The van der Waals surface area contributed by atoms with Crippen LogP contribution in [-0.2, 0) is 22.6 Å². The van der Waals surface area contributed by atoms with Gasteiger partial charge in [0.05, 0.1) is 25.1 Å². The number of carbonyl (C=O) groups excluding carboxylic acids is 1. The van der Waals surface area contributed by atoms with E-state index in [9.17, 15) is 4.79 Å². The van der Waals surface area contributed by atoms with Gasteiger partial charge in [-0.05, 0) is 36.1 Å². The Hall–Kier alpha value is -3.76. The van der Waals surface area contributed by atoms with Crippen LogP contribution in [0.3, 0.4) is 0 Å². The van der Waals surface area contributed by atoms with E-state index in [1.165, 1.54) is 5.56 Å². The van der Waals surface area contributed by atoms with Gasteiger partial charge in [0.15, 0.2) is 5.65 Å². The average molecular weight is 473 g/mol. The number of fused-ring (bicyclic) bond motifs is 1. The van der Waals surface area contributed by atoms with Crippen LogP contribution in [0.25, 0.3) is 16.8 Å². The molecule has 1 aromatic carbocycles. The van der Waals surface area contributed by atoms with E-state index in [4.69, 9.17) is 9.72 Å². The molecule has 1 aliphatic heterocycles. The van der Waals surface area contributed by atoms with Crippen molar-refractivity contribution < 1.29 is 9.53 Å². The van der Waals surface area contributed by atoms with Crippen LogP contribution in [0.1, 0.15) is 18.4 Å². The molecule has 35 heavy (non-hydrogen) atoms. The van der Waals surface area contributed by atoms with E-state index in [0.29, 0.717) is 12.0 Å². The van der Waals surface area contributed by atoms with Gasteiger partial charge in [0.1, 0.15) is 6.54 Å². The van der Waals surface area contributed by atoms with Crippen molar-refractivity contribution in [3.63, 3.8) is 0 Å². The number of morpholine rings is 1. The van der Waals surface area contributed by atoms with Crippen LogP contribution in [0.15, 0.2) is 55.0 Å². The summed E-state index contributed by atoms with van der Waals surface area (Å²) in [6, 6.07) is 13.0. The van der Waals surface area contributed by atoms with E-state index in [2.05, 4.69) is 56.1 Å². The van der Waals surface area contributed by atoms with Gasteiger partial charge < -0.3 is 15.4 Å². The lowest BCUT2D eigenvalue weighted by Crippen LogP contribution is -2.35. The molecule has 0 atom stereocenters. The van der Waals surface area contributed by atoms with E-state index in [-0.39, 0.29) is 12.5 Å². The summed E-state index contributed by atoms with van der Waals surface area (Å²) in [5.74, 6) is 0.456. The first-order valence-corrected chi connectivity index (χ1v) is 12.0. The number of nitrogens with one attached hydrogen (secondary N) is 2. The summed E-state index contributed by atoms with van der Waals surface area (Å²) in [6.45, 7) is 4.69. The molecule has 0 bridgehead atoms. The Labute approximate surface area is 202 Å². The second-order valence-corrected chi connectivity index (χ2v) is 9.10. The third-order valence-corrected chi connectivity index (χ3v) is 6.27. The largest absolute Gasteiger partial charge is 0.379 e. The van der Waals surface area contributed by atoms with Crippen LogP contribution in [0.4, 0.5) is 11.6 Å². The minimum absolute atomic E-state index is 0.0198. The molecule has 4 aromatic rings. The number of hydrogen-bond donors (Lipinski definition) is 2. The van der Waals surface area contributed by atoms with Gasteiger partial charge in [0.25, 0.3) is 0 Å². The molecule has 1 aliphatic carbocycles. The normalized spacial score (nSPS) is 16.5. The number of nitrogens with zero attached hydrogens (tertiary/aromatic N) is 6. The van der Waals surface area contributed by atoms with Gasteiger partial charge in [0, 0.05) is 43.6 Å². The molecule has 1 amide bonds. The number of benzene rings is 1. The molecule has 6 rings (SSSR count). The average Bonchev–Trinajstić information content (AvgIpc) is 3.41. The van der Waals surface area contributed by atoms with Gasteiger partial charge >= 0.3 is 0 Å². The van der Waals surface area contributed by atoms with Crippen molar-refractivity contribution in [3.05, 3.63) is 60.6 Å². The van der Waals surface area contributed by atoms with E-state index < -0.39 is 0 Å². The number of hydrogen-bond acceptors (Lipinski definition) is 7. The van der Waals surface area contributed by atoms with Gasteiger partial charge in [-0.2, -0.15) is 10.1 Å². The van der Waals surface area contributed by atoms with Crippen molar-refractivity contribution in [1.82, 2.24) is 34.6 Å². The highest BCUT2D eigenvalue weighted by molar-refractivity contribution is 5.78. The minimum atomic E-state index is -0.0198. The zero-order chi connectivity index (χ0) is 23.6. The standard InChI is InChI=1S/C25H28N8O2/c34-23(27-20-7-8-20)17-32-16-21(14-26-32)28-25-29-24-22(2-1-9-33(24)30-25)19-5-3-18(4-6-19)15-31-10-12-35-13-11-31/h1-6,9,14,16,20H,7-8,10-13,15,17H2,(H,27,34)(H,28,30). The molecule has 180 valence electrons. The maximum absolute atomic E-state index is 12.0. The van der Waals surface area contributed by atoms with Crippen LogP contribution in [0.2, 0.25) is 0 Å². The first kappa shape index (κ1) is 21.8. The highest BCUT2D eigenvalue weighted by Gasteiger charge is 2.23. The van der Waals surface area contributed by atoms with E-state index in [1.54, 1.807) is 21.6 Å². The molecule has 10 heteroatoms. The molecular formula is C25H28N8O2. The Morgan fingerprint density at radius 2 is 1.94 bits per heavy atom. The number of anilines is 2. The predicted octanol–water partition coefficient (Wildman–Crippen LogP) is 2.45. The summed E-state index contributed by atoms with van der Waals surface area (Å²) < 4.78 is 8.82. The molecule has 0 unspecified atom stereocenters. The summed E-state index contributed by atoms with van der Waals surface area (Å²) in [6.07, 6.45) is 7.47. The Bertz CT molecular complexity index is 1320. The summed E-state index contributed by atoms with van der Waals surface area (Å²) in [5, 5.41) is 15.0. The summed E-state index contributed by atoms with van der Waals surface area (Å²) in [4.78, 5) is 19.1. The van der Waals surface area contributed by atoms with E-state index >= 15 is 0 Å². The third-order valence-electron chi connectivity index (χ3n) is 6.27. The molecule has 2 fully saturated rings.